The fourth-order valence-corrected chi connectivity index (χ4v) is 4.05. The van der Waals surface area contributed by atoms with Crippen molar-refractivity contribution in [3.05, 3.63) is 83.1 Å². The smallest absolute Gasteiger partial charge is 0.255 e. The maximum Gasteiger partial charge on any atom is 0.255 e. The van der Waals surface area contributed by atoms with Gasteiger partial charge in [0.2, 0.25) is 0 Å². The zero-order valence-electron chi connectivity index (χ0n) is 16.5. The Morgan fingerprint density at radius 3 is 2.59 bits per heavy atom. The number of amides is 1. The molecule has 0 bridgehead atoms. The monoisotopic (exact) mass is 408 g/mol. The number of likely N-dealkylation sites (tertiary alicyclic amines) is 1. The second-order valence-corrected chi connectivity index (χ2v) is 7.98. The van der Waals surface area contributed by atoms with Crippen molar-refractivity contribution in [2.24, 2.45) is 0 Å². The van der Waals surface area contributed by atoms with Gasteiger partial charge in [0, 0.05) is 25.0 Å². The Kier molecular flexibility index (Phi) is 5.97. The molecule has 4 rings (SSSR count). The fraction of sp³-hybridized carbons (Fsp3) is 0.304. The summed E-state index contributed by atoms with van der Waals surface area (Å²) in [4.78, 5) is 18.0. The molecule has 2 heterocycles. The van der Waals surface area contributed by atoms with E-state index in [2.05, 4.69) is 29.2 Å². The van der Waals surface area contributed by atoms with E-state index in [-0.39, 0.29) is 11.9 Å². The second-order valence-electron chi connectivity index (χ2n) is 7.57. The second kappa shape index (κ2) is 8.80. The predicted octanol–water partition coefficient (Wildman–Crippen LogP) is 4.26. The molecule has 0 aliphatic carbocycles. The molecule has 150 valence electrons. The Bertz CT molecular complexity index is 950. The molecule has 1 fully saturated rings. The first-order valence-electron chi connectivity index (χ1n) is 9.95. The van der Waals surface area contributed by atoms with Crippen LogP contribution in [-0.2, 0) is 6.54 Å². The first-order valence-corrected chi connectivity index (χ1v) is 10.3. The summed E-state index contributed by atoms with van der Waals surface area (Å²) < 4.78 is 1.74. The van der Waals surface area contributed by atoms with Crippen LogP contribution in [0.15, 0.2) is 67.0 Å². The van der Waals surface area contributed by atoms with E-state index in [1.165, 1.54) is 0 Å². The molecular weight excluding hydrogens is 384 g/mol. The van der Waals surface area contributed by atoms with Crippen LogP contribution < -0.4 is 0 Å². The van der Waals surface area contributed by atoms with Gasteiger partial charge in [0.25, 0.3) is 5.91 Å². The molecule has 0 radical (unpaired) electrons. The van der Waals surface area contributed by atoms with Crippen molar-refractivity contribution in [1.29, 1.82) is 0 Å². The molecule has 0 unspecified atom stereocenters. The lowest BCUT2D eigenvalue weighted by atomic mass is 10.0. The molecular formula is C23H25ClN4O. The molecule has 1 saturated heterocycles. The zero-order chi connectivity index (χ0) is 20.2. The van der Waals surface area contributed by atoms with Crippen LogP contribution in [-0.4, -0.2) is 51.7 Å². The molecule has 3 aromatic rings. The molecule has 1 aliphatic rings. The highest BCUT2D eigenvalue weighted by atomic mass is 35.5. The van der Waals surface area contributed by atoms with E-state index in [0.717, 1.165) is 37.2 Å². The van der Waals surface area contributed by atoms with Gasteiger partial charge in [-0.15, -0.1) is 0 Å². The molecule has 1 aromatic heterocycles. The van der Waals surface area contributed by atoms with Crippen LogP contribution in [0.5, 0.6) is 0 Å². The average Bonchev–Trinajstić information content (AvgIpc) is 3.28. The van der Waals surface area contributed by atoms with Crippen molar-refractivity contribution in [1.82, 2.24) is 19.6 Å². The van der Waals surface area contributed by atoms with Crippen molar-refractivity contribution >= 4 is 17.5 Å². The topological polar surface area (TPSA) is 41.4 Å². The van der Waals surface area contributed by atoms with Crippen LogP contribution in [0, 0.1) is 0 Å². The summed E-state index contributed by atoms with van der Waals surface area (Å²) in [7, 11) is 2.13. The maximum absolute atomic E-state index is 13.7. The van der Waals surface area contributed by atoms with Gasteiger partial charge in [0.05, 0.1) is 16.3 Å². The summed E-state index contributed by atoms with van der Waals surface area (Å²) in [6.07, 6.45) is 5.50. The number of hydrogen-bond donors (Lipinski definition) is 0. The first kappa shape index (κ1) is 19.7. The van der Waals surface area contributed by atoms with Crippen LogP contribution in [0.1, 0.15) is 28.8 Å². The minimum Gasteiger partial charge on any atom is -0.331 e. The number of hydrogen-bond acceptors (Lipinski definition) is 3. The van der Waals surface area contributed by atoms with Crippen molar-refractivity contribution in [2.45, 2.75) is 25.4 Å². The Morgan fingerprint density at radius 2 is 1.90 bits per heavy atom. The highest BCUT2D eigenvalue weighted by molar-refractivity contribution is 6.33. The number of nitrogens with zero attached hydrogens (tertiary/aromatic N) is 4. The van der Waals surface area contributed by atoms with Gasteiger partial charge in [-0.25, -0.2) is 4.68 Å². The van der Waals surface area contributed by atoms with Crippen LogP contribution >= 0.6 is 11.6 Å². The molecule has 5 nitrogen and oxygen atoms in total. The van der Waals surface area contributed by atoms with Gasteiger partial charge < -0.3 is 9.80 Å². The van der Waals surface area contributed by atoms with Gasteiger partial charge in [-0.1, -0.05) is 41.9 Å². The van der Waals surface area contributed by atoms with Crippen LogP contribution in [0.3, 0.4) is 0 Å². The van der Waals surface area contributed by atoms with Crippen LogP contribution in [0.2, 0.25) is 5.02 Å². The number of aromatic nitrogens is 2. The van der Waals surface area contributed by atoms with Crippen molar-refractivity contribution < 1.29 is 4.79 Å². The summed E-state index contributed by atoms with van der Waals surface area (Å²) >= 11 is 6.48. The molecule has 1 amide bonds. The lowest BCUT2D eigenvalue weighted by molar-refractivity contribution is 0.0569. The quantitative estimate of drug-likeness (QED) is 0.633. The van der Waals surface area contributed by atoms with Crippen molar-refractivity contribution in [3.8, 4) is 5.69 Å². The van der Waals surface area contributed by atoms with Crippen LogP contribution in [0.25, 0.3) is 5.69 Å². The normalized spacial score (nSPS) is 15.4. The number of rotatable bonds is 5. The van der Waals surface area contributed by atoms with E-state index >= 15 is 0 Å². The molecule has 2 aromatic carbocycles. The molecule has 0 spiro atoms. The highest BCUT2D eigenvalue weighted by Crippen LogP contribution is 2.26. The third-order valence-corrected chi connectivity index (χ3v) is 5.86. The number of carbonyl (C=O) groups excluding carboxylic acids is 1. The van der Waals surface area contributed by atoms with Crippen molar-refractivity contribution in [3.63, 3.8) is 0 Å². The first-order chi connectivity index (χ1) is 14.1. The highest BCUT2D eigenvalue weighted by Gasteiger charge is 2.29. The van der Waals surface area contributed by atoms with Gasteiger partial charge in [-0.3, -0.25) is 4.79 Å². The molecule has 1 aliphatic heterocycles. The van der Waals surface area contributed by atoms with Gasteiger partial charge >= 0.3 is 0 Å². The molecule has 0 saturated carbocycles. The van der Waals surface area contributed by atoms with E-state index in [1.54, 1.807) is 16.9 Å². The Balaban J connectivity index is 1.66. The molecule has 6 heteroatoms. The van der Waals surface area contributed by atoms with E-state index in [1.807, 2.05) is 47.5 Å². The summed E-state index contributed by atoms with van der Waals surface area (Å²) in [5.74, 6) is -0.0255. The molecule has 0 N–H and O–H groups in total. The Labute approximate surface area is 176 Å². The Morgan fingerprint density at radius 1 is 1.14 bits per heavy atom. The summed E-state index contributed by atoms with van der Waals surface area (Å²) in [6.45, 7) is 2.56. The summed E-state index contributed by atoms with van der Waals surface area (Å²) in [5.41, 5.74) is 2.47. The molecule has 0 atom stereocenters. The zero-order valence-corrected chi connectivity index (χ0v) is 17.3. The van der Waals surface area contributed by atoms with E-state index < -0.39 is 0 Å². The van der Waals surface area contributed by atoms with Crippen molar-refractivity contribution in [2.75, 3.05) is 20.1 Å². The average molecular weight is 409 g/mol. The third-order valence-electron chi connectivity index (χ3n) is 5.53. The van der Waals surface area contributed by atoms with Gasteiger partial charge in [0.15, 0.2) is 0 Å². The minimum absolute atomic E-state index is 0.0255. The van der Waals surface area contributed by atoms with Gasteiger partial charge in [-0.2, -0.15) is 5.10 Å². The Hall–Kier alpha value is -2.63. The number of halogens is 1. The molecule has 29 heavy (non-hydrogen) atoms. The number of piperidine rings is 1. The van der Waals surface area contributed by atoms with Crippen LogP contribution in [0.4, 0.5) is 0 Å². The lowest BCUT2D eigenvalue weighted by Gasteiger charge is -2.37. The van der Waals surface area contributed by atoms with Gasteiger partial charge in [0.1, 0.15) is 0 Å². The maximum atomic E-state index is 13.7. The lowest BCUT2D eigenvalue weighted by Crippen LogP contribution is -2.46. The minimum atomic E-state index is -0.0255. The largest absolute Gasteiger partial charge is 0.331 e. The number of carbonyl (C=O) groups is 1. The predicted molar refractivity (Wildman–Crippen MR) is 115 cm³/mol. The number of benzene rings is 2. The standard InChI is InChI=1S/C23H25ClN4O/c1-26-14-10-19(11-15-26)27(17-18-6-3-2-4-7-18)23(29)21-16-20(8-9-22(21)24)28-13-5-12-25-28/h2-9,12-13,16,19H,10-11,14-15,17H2,1H3. The third kappa shape index (κ3) is 4.52. The van der Waals surface area contributed by atoms with E-state index in [4.69, 9.17) is 11.6 Å². The van der Waals surface area contributed by atoms with Gasteiger partial charge in [-0.05, 0) is 62.8 Å². The summed E-state index contributed by atoms with van der Waals surface area (Å²) in [6, 6.07) is 17.7. The van der Waals surface area contributed by atoms with E-state index in [9.17, 15) is 4.79 Å². The SMILES string of the molecule is CN1CCC(N(Cc2ccccc2)C(=O)c2cc(-n3cccn3)ccc2Cl)CC1. The van der Waals surface area contributed by atoms with E-state index in [0.29, 0.717) is 17.1 Å². The fourth-order valence-electron chi connectivity index (χ4n) is 3.85. The summed E-state index contributed by atoms with van der Waals surface area (Å²) in [5, 5.41) is 4.74.